The van der Waals surface area contributed by atoms with Gasteiger partial charge in [0.15, 0.2) is 0 Å². The number of fused-ring (bicyclic) bond motifs is 1. The van der Waals surface area contributed by atoms with E-state index < -0.39 is 5.97 Å². The van der Waals surface area contributed by atoms with Crippen LogP contribution in [0.2, 0.25) is 0 Å². The molecule has 3 rings (SSSR count). The molecular weight excluding hydrogens is 272 g/mol. The highest BCUT2D eigenvalue weighted by Gasteiger charge is 2.21. The standard InChI is InChI=1S/C16H12O3S/c1-19-16(18)13-12(10-5-3-2-4-6-10)9-11-7-8-20-15(11)14(13)17/h2-9,17H,1H3. The molecule has 0 saturated heterocycles. The van der Waals surface area contributed by atoms with Gasteiger partial charge >= 0.3 is 5.97 Å². The molecule has 1 heterocycles. The molecule has 0 aliphatic rings. The largest absolute Gasteiger partial charge is 0.506 e. The minimum Gasteiger partial charge on any atom is -0.506 e. The highest BCUT2D eigenvalue weighted by molar-refractivity contribution is 7.17. The van der Waals surface area contributed by atoms with Crippen molar-refractivity contribution in [2.45, 2.75) is 0 Å². The third-order valence-electron chi connectivity index (χ3n) is 3.19. The van der Waals surface area contributed by atoms with E-state index in [4.69, 9.17) is 4.74 Å². The number of thiophene rings is 1. The molecule has 0 unspecified atom stereocenters. The Hall–Kier alpha value is -2.33. The highest BCUT2D eigenvalue weighted by Crippen LogP contribution is 2.39. The lowest BCUT2D eigenvalue weighted by atomic mass is 9.97. The highest BCUT2D eigenvalue weighted by atomic mass is 32.1. The van der Waals surface area contributed by atoms with E-state index in [2.05, 4.69) is 0 Å². The number of hydrogen-bond acceptors (Lipinski definition) is 4. The van der Waals surface area contributed by atoms with E-state index in [0.29, 0.717) is 10.3 Å². The number of ether oxygens (including phenoxy) is 1. The third-order valence-corrected chi connectivity index (χ3v) is 4.13. The predicted octanol–water partition coefficient (Wildman–Crippen LogP) is 4.06. The first kappa shape index (κ1) is 12.7. The molecule has 0 saturated carbocycles. The minimum atomic E-state index is -0.531. The summed E-state index contributed by atoms with van der Waals surface area (Å²) in [5.74, 6) is -0.542. The van der Waals surface area contributed by atoms with Crippen LogP contribution in [0.3, 0.4) is 0 Å². The smallest absolute Gasteiger partial charge is 0.342 e. The first-order valence-corrected chi connectivity index (χ1v) is 6.97. The molecule has 0 radical (unpaired) electrons. The number of carbonyl (C=O) groups excluding carboxylic acids is 1. The van der Waals surface area contributed by atoms with Gasteiger partial charge in [-0.3, -0.25) is 0 Å². The average Bonchev–Trinajstić information content (AvgIpc) is 2.96. The van der Waals surface area contributed by atoms with Gasteiger partial charge in [0.05, 0.1) is 11.8 Å². The molecule has 1 N–H and O–H groups in total. The van der Waals surface area contributed by atoms with E-state index in [9.17, 15) is 9.90 Å². The van der Waals surface area contributed by atoms with Crippen molar-refractivity contribution in [3.8, 4) is 16.9 Å². The van der Waals surface area contributed by atoms with E-state index in [1.165, 1.54) is 18.4 Å². The van der Waals surface area contributed by atoms with Crippen molar-refractivity contribution in [2.75, 3.05) is 7.11 Å². The first-order valence-electron chi connectivity index (χ1n) is 6.09. The van der Waals surface area contributed by atoms with Crippen molar-refractivity contribution in [1.82, 2.24) is 0 Å². The zero-order chi connectivity index (χ0) is 14.1. The van der Waals surface area contributed by atoms with Crippen LogP contribution in [0.15, 0.2) is 47.8 Å². The maximum Gasteiger partial charge on any atom is 0.342 e. The molecule has 4 heteroatoms. The van der Waals surface area contributed by atoms with E-state index in [1.54, 1.807) is 0 Å². The van der Waals surface area contributed by atoms with Gasteiger partial charge in [-0.25, -0.2) is 4.79 Å². The van der Waals surface area contributed by atoms with Crippen LogP contribution in [-0.2, 0) is 4.74 Å². The molecular formula is C16H12O3S. The fraction of sp³-hybridized carbons (Fsp3) is 0.0625. The molecule has 2 aromatic carbocycles. The molecule has 3 nitrogen and oxygen atoms in total. The fourth-order valence-electron chi connectivity index (χ4n) is 2.25. The number of hydrogen-bond donors (Lipinski definition) is 1. The van der Waals surface area contributed by atoms with E-state index >= 15 is 0 Å². The number of benzene rings is 2. The van der Waals surface area contributed by atoms with Crippen LogP contribution >= 0.6 is 11.3 Å². The van der Waals surface area contributed by atoms with Crippen LogP contribution in [0, 0.1) is 0 Å². The van der Waals surface area contributed by atoms with E-state index in [1.807, 2.05) is 47.8 Å². The SMILES string of the molecule is COC(=O)c1c(-c2ccccc2)cc2ccsc2c1O. The lowest BCUT2D eigenvalue weighted by Crippen LogP contribution is -2.04. The Kier molecular flexibility index (Phi) is 3.16. The Morgan fingerprint density at radius 1 is 1.20 bits per heavy atom. The zero-order valence-corrected chi connectivity index (χ0v) is 11.6. The number of carbonyl (C=O) groups is 1. The van der Waals surface area contributed by atoms with Gasteiger partial charge in [0.25, 0.3) is 0 Å². The fourth-order valence-corrected chi connectivity index (χ4v) is 3.08. The summed E-state index contributed by atoms with van der Waals surface area (Å²) in [6, 6.07) is 13.3. The Labute approximate surface area is 120 Å². The maximum atomic E-state index is 12.0. The van der Waals surface area contributed by atoms with Crippen LogP contribution in [-0.4, -0.2) is 18.2 Å². The van der Waals surface area contributed by atoms with Crippen molar-refractivity contribution in [2.24, 2.45) is 0 Å². The first-order chi connectivity index (χ1) is 9.72. The second-order valence-corrected chi connectivity index (χ2v) is 5.26. The Balaban J connectivity index is 2.37. The second-order valence-electron chi connectivity index (χ2n) is 4.34. The third kappa shape index (κ3) is 1.94. The van der Waals surface area contributed by atoms with Gasteiger partial charge in [-0.1, -0.05) is 30.3 Å². The molecule has 0 bridgehead atoms. The summed E-state index contributed by atoms with van der Waals surface area (Å²) in [5.41, 5.74) is 1.77. The average molecular weight is 284 g/mol. The quantitative estimate of drug-likeness (QED) is 0.722. The second kappa shape index (κ2) is 4.98. The number of methoxy groups -OCH3 is 1. The molecule has 3 aromatic rings. The van der Waals surface area contributed by atoms with E-state index in [0.717, 1.165) is 10.9 Å². The number of aromatic hydroxyl groups is 1. The monoisotopic (exact) mass is 284 g/mol. The maximum absolute atomic E-state index is 12.0. The van der Waals surface area contributed by atoms with Gasteiger partial charge in [0, 0.05) is 5.56 Å². The summed E-state index contributed by atoms with van der Waals surface area (Å²) < 4.78 is 5.51. The molecule has 0 fully saturated rings. The van der Waals surface area contributed by atoms with Crippen LogP contribution < -0.4 is 0 Å². The number of phenolic OH excluding ortho intramolecular Hbond substituents is 1. The number of phenols is 1. The van der Waals surface area contributed by atoms with Crippen molar-refractivity contribution in [3.05, 3.63) is 53.4 Å². The summed E-state index contributed by atoms with van der Waals surface area (Å²) in [5, 5.41) is 13.2. The van der Waals surface area contributed by atoms with Gasteiger partial charge in [0.1, 0.15) is 11.3 Å². The summed E-state index contributed by atoms with van der Waals surface area (Å²) in [6.07, 6.45) is 0. The lowest BCUT2D eigenvalue weighted by molar-refractivity contribution is 0.0599. The number of rotatable bonds is 2. The molecule has 0 amide bonds. The zero-order valence-electron chi connectivity index (χ0n) is 10.8. The molecule has 0 atom stereocenters. The lowest BCUT2D eigenvalue weighted by Gasteiger charge is -2.11. The van der Waals surface area contributed by atoms with Crippen LogP contribution in [0.4, 0.5) is 0 Å². The van der Waals surface area contributed by atoms with Gasteiger partial charge in [-0.05, 0) is 28.5 Å². The summed E-state index contributed by atoms with van der Waals surface area (Å²) in [4.78, 5) is 12.0. The van der Waals surface area contributed by atoms with Crippen molar-refractivity contribution in [1.29, 1.82) is 0 Å². The van der Waals surface area contributed by atoms with Crippen molar-refractivity contribution < 1.29 is 14.6 Å². The summed E-state index contributed by atoms with van der Waals surface area (Å²) in [7, 11) is 1.31. The topological polar surface area (TPSA) is 46.5 Å². The van der Waals surface area contributed by atoms with Gasteiger partial charge < -0.3 is 9.84 Å². The normalized spacial score (nSPS) is 10.7. The van der Waals surface area contributed by atoms with E-state index in [-0.39, 0.29) is 11.3 Å². The molecule has 0 aliphatic heterocycles. The van der Waals surface area contributed by atoms with Crippen LogP contribution in [0.1, 0.15) is 10.4 Å². The summed E-state index contributed by atoms with van der Waals surface area (Å²) in [6.45, 7) is 0. The number of esters is 1. The van der Waals surface area contributed by atoms with Crippen LogP contribution in [0.25, 0.3) is 21.2 Å². The summed E-state index contributed by atoms with van der Waals surface area (Å²) >= 11 is 1.40. The van der Waals surface area contributed by atoms with Crippen molar-refractivity contribution >= 4 is 27.4 Å². The van der Waals surface area contributed by atoms with Gasteiger partial charge in [-0.2, -0.15) is 0 Å². The Morgan fingerprint density at radius 2 is 1.95 bits per heavy atom. The predicted molar refractivity (Wildman–Crippen MR) is 80.3 cm³/mol. The Morgan fingerprint density at radius 3 is 2.65 bits per heavy atom. The molecule has 1 aromatic heterocycles. The Bertz CT molecular complexity index is 775. The molecule has 0 spiro atoms. The molecule has 0 aliphatic carbocycles. The van der Waals surface area contributed by atoms with Crippen molar-refractivity contribution in [3.63, 3.8) is 0 Å². The van der Waals surface area contributed by atoms with Crippen LogP contribution in [0.5, 0.6) is 5.75 Å². The van der Waals surface area contributed by atoms with Gasteiger partial charge in [0.2, 0.25) is 0 Å². The molecule has 20 heavy (non-hydrogen) atoms. The van der Waals surface area contributed by atoms with Gasteiger partial charge in [-0.15, -0.1) is 11.3 Å². The molecule has 100 valence electrons. The minimum absolute atomic E-state index is 0.0109.